The molecule has 3 rings (SSSR count). The molecule has 0 aliphatic carbocycles. The van der Waals surface area contributed by atoms with Crippen LogP contribution in [0.4, 0.5) is 11.5 Å². The number of hydrogen-bond acceptors (Lipinski definition) is 4. The third-order valence-electron chi connectivity index (χ3n) is 3.72. The first-order valence-electron chi connectivity index (χ1n) is 6.41. The number of halogens is 1. The number of hydrogen-bond donors (Lipinski definition) is 2. The lowest BCUT2D eigenvalue weighted by atomic mass is 10.1. The first-order valence-corrected chi connectivity index (χ1v) is 6.79. The minimum Gasteiger partial charge on any atom is -0.480 e. The zero-order chi connectivity index (χ0) is 14.3. The average Bonchev–Trinajstić information content (AvgIpc) is 2.92. The van der Waals surface area contributed by atoms with E-state index in [2.05, 4.69) is 4.98 Å². The van der Waals surface area contributed by atoms with Gasteiger partial charge in [0, 0.05) is 23.5 Å². The maximum Gasteiger partial charge on any atom is 0.326 e. The third-order valence-corrected chi connectivity index (χ3v) is 4.05. The number of aliphatic carboxylic acids is 1. The fraction of sp³-hybridized carbons (Fsp3) is 0.286. The first-order chi connectivity index (χ1) is 9.59. The Morgan fingerprint density at radius 3 is 2.95 bits per heavy atom. The van der Waals surface area contributed by atoms with Crippen molar-refractivity contribution in [1.82, 2.24) is 4.98 Å². The second kappa shape index (κ2) is 4.83. The Balaban J connectivity index is 2.17. The monoisotopic (exact) mass is 291 g/mol. The molecule has 6 heteroatoms. The molecule has 0 spiro atoms. The number of aromatic nitrogens is 1. The topological polar surface area (TPSA) is 79.5 Å². The summed E-state index contributed by atoms with van der Waals surface area (Å²) in [6, 6.07) is 4.83. The number of carboxylic acid groups (broad SMARTS) is 1. The van der Waals surface area contributed by atoms with Crippen LogP contribution in [0.2, 0.25) is 5.02 Å². The summed E-state index contributed by atoms with van der Waals surface area (Å²) in [5.74, 6) is -0.154. The molecule has 1 atom stereocenters. The highest BCUT2D eigenvalue weighted by atomic mass is 35.5. The van der Waals surface area contributed by atoms with Crippen molar-refractivity contribution >= 4 is 39.8 Å². The fourth-order valence-electron chi connectivity index (χ4n) is 2.74. The van der Waals surface area contributed by atoms with Crippen LogP contribution in [0.15, 0.2) is 24.4 Å². The number of pyridine rings is 1. The average molecular weight is 292 g/mol. The number of anilines is 2. The van der Waals surface area contributed by atoms with Crippen LogP contribution in [0.1, 0.15) is 12.8 Å². The Labute approximate surface area is 121 Å². The van der Waals surface area contributed by atoms with Gasteiger partial charge in [-0.25, -0.2) is 9.78 Å². The van der Waals surface area contributed by atoms with Gasteiger partial charge in [0.25, 0.3) is 0 Å². The van der Waals surface area contributed by atoms with Crippen molar-refractivity contribution in [1.29, 1.82) is 0 Å². The van der Waals surface area contributed by atoms with Gasteiger partial charge in [-0.2, -0.15) is 0 Å². The van der Waals surface area contributed by atoms with Gasteiger partial charge in [-0.05, 0) is 31.0 Å². The fourth-order valence-corrected chi connectivity index (χ4v) is 2.91. The van der Waals surface area contributed by atoms with Gasteiger partial charge in [-0.1, -0.05) is 11.6 Å². The van der Waals surface area contributed by atoms with Crippen molar-refractivity contribution < 1.29 is 9.90 Å². The van der Waals surface area contributed by atoms with Crippen molar-refractivity contribution in [3.05, 3.63) is 29.4 Å². The molecule has 1 aliphatic heterocycles. The number of carbonyl (C=O) groups is 1. The van der Waals surface area contributed by atoms with Crippen LogP contribution in [-0.2, 0) is 4.79 Å². The van der Waals surface area contributed by atoms with E-state index >= 15 is 0 Å². The van der Waals surface area contributed by atoms with E-state index in [4.69, 9.17) is 17.3 Å². The van der Waals surface area contributed by atoms with Crippen LogP contribution in [0.3, 0.4) is 0 Å². The second-order valence-corrected chi connectivity index (χ2v) is 5.29. The zero-order valence-electron chi connectivity index (χ0n) is 10.7. The molecule has 104 valence electrons. The molecule has 1 unspecified atom stereocenters. The quantitative estimate of drug-likeness (QED) is 0.831. The lowest BCUT2D eigenvalue weighted by molar-refractivity contribution is -0.138. The van der Waals surface area contributed by atoms with E-state index in [1.807, 2.05) is 11.0 Å². The molecule has 3 N–H and O–H groups in total. The second-order valence-electron chi connectivity index (χ2n) is 4.88. The van der Waals surface area contributed by atoms with E-state index < -0.39 is 12.0 Å². The predicted molar refractivity (Wildman–Crippen MR) is 79.2 cm³/mol. The van der Waals surface area contributed by atoms with Gasteiger partial charge in [0.1, 0.15) is 11.9 Å². The summed E-state index contributed by atoms with van der Waals surface area (Å²) in [5.41, 5.74) is 6.48. The lowest BCUT2D eigenvalue weighted by Gasteiger charge is -2.24. The van der Waals surface area contributed by atoms with Crippen molar-refractivity contribution in [3.63, 3.8) is 0 Å². The summed E-state index contributed by atoms with van der Waals surface area (Å²) in [5, 5.41) is 11.4. The van der Waals surface area contributed by atoms with Crippen LogP contribution in [0, 0.1) is 0 Å². The molecule has 0 amide bonds. The molecule has 2 aromatic rings. The Bertz CT molecular complexity index is 689. The zero-order valence-corrected chi connectivity index (χ0v) is 11.5. The Morgan fingerprint density at radius 1 is 1.40 bits per heavy atom. The van der Waals surface area contributed by atoms with Gasteiger partial charge < -0.3 is 15.7 Å². The standard InChI is InChI=1S/C14H14ClN3O2/c15-10-4-3-9-8(12(10)16)5-6-17-13(9)18-7-1-2-11(18)14(19)20/h3-6,11H,1-2,7,16H2,(H,19,20). The summed E-state index contributed by atoms with van der Waals surface area (Å²) in [6.07, 6.45) is 3.12. The maximum absolute atomic E-state index is 11.3. The largest absolute Gasteiger partial charge is 0.480 e. The number of benzene rings is 1. The smallest absolute Gasteiger partial charge is 0.326 e. The summed E-state index contributed by atoms with van der Waals surface area (Å²) < 4.78 is 0. The minimum absolute atomic E-state index is 0.492. The number of nitrogens with zero attached hydrogens (tertiary/aromatic N) is 2. The SMILES string of the molecule is Nc1c(Cl)ccc2c(N3CCCC3C(=O)O)nccc12. The van der Waals surface area contributed by atoms with Gasteiger partial charge in [0.15, 0.2) is 0 Å². The van der Waals surface area contributed by atoms with Crippen LogP contribution in [0.5, 0.6) is 0 Å². The molecule has 20 heavy (non-hydrogen) atoms. The summed E-state index contributed by atoms with van der Waals surface area (Å²) in [4.78, 5) is 17.5. The van der Waals surface area contributed by atoms with Gasteiger partial charge >= 0.3 is 5.97 Å². The van der Waals surface area contributed by atoms with Crippen LogP contribution in [0.25, 0.3) is 10.8 Å². The molecule has 1 aliphatic rings. The Hall–Kier alpha value is -2.01. The van der Waals surface area contributed by atoms with E-state index in [1.54, 1.807) is 18.3 Å². The van der Waals surface area contributed by atoms with Crippen LogP contribution < -0.4 is 10.6 Å². The van der Waals surface area contributed by atoms with E-state index in [0.29, 0.717) is 29.5 Å². The van der Waals surface area contributed by atoms with E-state index in [0.717, 1.165) is 17.2 Å². The molecule has 0 radical (unpaired) electrons. The molecule has 5 nitrogen and oxygen atoms in total. The van der Waals surface area contributed by atoms with Crippen molar-refractivity contribution in [2.75, 3.05) is 17.2 Å². The number of nitrogens with two attached hydrogens (primary N) is 1. The van der Waals surface area contributed by atoms with Crippen molar-refractivity contribution in [2.45, 2.75) is 18.9 Å². The molecule has 0 saturated carbocycles. The molecule has 1 aromatic carbocycles. The molecule has 1 aromatic heterocycles. The van der Waals surface area contributed by atoms with E-state index in [9.17, 15) is 9.90 Å². The van der Waals surface area contributed by atoms with E-state index in [1.165, 1.54) is 0 Å². The third kappa shape index (κ3) is 1.94. The van der Waals surface area contributed by atoms with Gasteiger partial charge in [-0.3, -0.25) is 0 Å². The van der Waals surface area contributed by atoms with Gasteiger partial charge in [-0.15, -0.1) is 0 Å². The van der Waals surface area contributed by atoms with Crippen molar-refractivity contribution in [2.24, 2.45) is 0 Å². The highest BCUT2D eigenvalue weighted by Gasteiger charge is 2.32. The molecular weight excluding hydrogens is 278 g/mol. The van der Waals surface area contributed by atoms with Crippen LogP contribution >= 0.6 is 11.6 Å². The maximum atomic E-state index is 11.3. The molecular formula is C14H14ClN3O2. The number of rotatable bonds is 2. The normalized spacial score (nSPS) is 18.6. The summed E-state index contributed by atoms with van der Waals surface area (Å²) in [6.45, 7) is 0.686. The molecule has 0 bridgehead atoms. The number of nitrogen functional groups attached to an aromatic ring is 1. The Kier molecular flexibility index (Phi) is 3.14. The summed E-state index contributed by atoms with van der Waals surface area (Å²) in [7, 11) is 0. The van der Waals surface area contributed by atoms with E-state index in [-0.39, 0.29) is 0 Å². The minimum atomic E-state index is -0.816. The Morgan fingerprint density at radius 2 is 2.20 bits per heavy atom. The number of carboxylic acids is 1. The van der Waals surface area contributed by atoms with Gasteiger partial charge in [0.05, 0.1) is 10.7 Å². The first kappa shape index (κ1) is 13.0. The predicted octanol–water partition coefficient (Wildman–Crippen LogP) is 2.52. The molecule has 1 saturated heterocycles. The van der Waals surface area contributed by atoms with Gasteiger partial charge in [0.2, 0.25) is 0 Å². The highest BCUT2D eigenvalue weighted by molar-refractivity contribution is 6.34. The molecule has 1 fully saturated rings. The highest BCUT2D eigenvalue weighted by Crippen LogP contribution is 2.35. The van der Waals surface area contributed by atoms with Crippen LogP contribution in [-0.4, -0.2) is 28.6 Å². The van der Waals surface area contributed by atoms with Crippen molar-refractivity contribution in [3.8, 4) is 0 Å². The summed E-state index contributed by atoms with van der Waals surface area (Å²) >= 11 is 6.03. The lowest BCUT2D eigenvalue weighted by Crippen LogP contribution is -2.36. The molecule has 2 heterocycles. The number of fused-ring (bicyclic) bond motifs is 1.